The van der Waals surface area contributed by atoms with Gasteiger partial charge in [-0.05, 0) is 31.6 Å². The zero-order valence-electron chi connectivity index (χ0n) is 9.80. The van der Waals surface area contributed by atoms with Gasteiger partial charge in [0.15, 0.2) is 5.82 Å². The van der Waals surface area contributed by atoms with Gasteiger partial charge < -0.3 is 9.63 Å². The molecule has 1 aliphatic heterocycles. The topological polar surface area (TPSA) is 62.4 Å². The molecule has 3 aliphatic rings. The SMILES string of the molecule is OC1(C2CC2)CN(Cc2nc(C3CC3)no2)C1. The minimum Gasteiger partial charge on any atom is -0.387 e. The van der Waals surface area contributed by atoms with Crippen LogP contribution in [-0.4, -0.2) is 38.8 Å². The smallest absolute Gasteiger partial charge is 0.240 e. The van der Waals surface area contributed by atoms with Crippen LogP contribution in [0.15, 0.2) is 4.52 Å². The van der Waals surface area contributed by atoms with Crippen molar-refractivity contribution in [3.8, 4) is 0 Å². The van der Waals surface area contributed by atoms with E-state index in [4.69, 9.17) is 4.52 Å². The molecule has 2 aliphatic carbocycles. The number of hydrogen-bond donors (Lipinski definition) is 1. The van der Waals surface area contributed by atoms with Gasteiger partial charge in [0.25, 0.3) is 0 Å². The molecule has 0 unspecified atom stereocenters. The van der Waals surface area contributed by atoms with Crippen LogP contribution in [-0.2, 0) is 6.54 Å². The molecule has 0 spiro atoms. The lowest BCUT2D eigenvalue weighted by atomic mass is 9.89. The first-order chi connectivity index (χ1) is 8.23. The van der Waals surface area contributed by atoms with Gasteiger partial charge in [-0.25, -0.2) is 0 Å². The number of aromatic nitrogens is 2. The van der Waals surface area contributed by atoms with E-state index < -0.39 is 5.60 Å². The van der Waals surface area contributed by atoms with Crippen molar-refractivity contribution in [2.24, 2.45) is 5.92 Å². The Morgan fingerprint density at radius 1 is 1.29 bits per heavy atom. The monoisotopic (exact) mass is 235 g/mol. The lowest BCUT2D eigenvalue weighted by molar-refractivity contribution is -0.119. The second-order valence-electron chi connectivity index (χ2n) is 5.84. The van der Waals surface area contributed by atoms with E-state index in [2.05, 4.69) is 15.0 Å². The molecule has 0 amide bonds. The van der Waals surface area contributed by atoms with Crippen LogP contribution in [0.2, 0.25) is 0 Å². The maximum atomic E-state index is 10.2. The van der Waals surface area contributed by atoms with Crippen LogP contribution in [0, 0.1) is 5.92 Å². The summed E-state index contributed by atoms with van der Waals surface area (Å²) in [7, 11) is 0. The van der Waals surface area contributed by atoms with E-state index in [1.807, 2.05) is 0 Å². The normalized spacial score (nSPS) is 28.1. The van der Waals surface area contributed by atoms with Crippen LogP contribution < -0.4 is 0 Å². The van der Waals surface area contributed by atoms with Gasteiger partial charge in [0, 0.05) is 19.0 Å². The van der Waals surface area contributed by atoms with Gasteiger partial charge in [-0.2, -0.15) is 4.98 Å². The summed E-state index contributed by atoms with van der Waals surface area (Å²) in [5, 5.41) is 14.2. The third kappa shape index (κ3) is 1.77. The Balaban J connectivity index is 1.35. The minimum absolute atomic E-state index is 0.417. The Bertz CT molecular complexity index is 431. The first-order valence-electron chi connectivity index (χ1n) is 6.50. The summed E-state index contributed by atoms with van der Waals surface area (Å²) in [5.41, 5.74) is -0.417. The number of β-amino-alcohol motifs (C(OH)–C–C–N with tert-alkyl or cyclic N) is 1. The van der Waals surface area contributed by atoms with Gasteiger partial charge in [0.1, 0.15) is 0 Å². The first-order valence-corrected chi connectivity index (χ1v) is 6.50. The fraction of sp³-hybridized carbons (Fsp3) is 0.833. The molecule has 0 radical (unpaired) electrons. The summed E-state index contributed by atoms with van der Waals surface area (Å²) in [5.74, 6) is 2.67. The highest BCUT2D eigenvalue weighted by atomic mass is 16.5. The largest absolute Gasteiger partial charge is 0.387 e. The molecular weight excluding hydrogens is 218 g/mol. The van der Waals surface area contributed by atoms with Gasteiger partial charge >= 0.3 is 0 Å². The predicted octanol–water partition coefficient (Wildman–Crippen LogP) is 0.904. The molecule has 0 atom stereocenters. The molecule has 5 nitrogen and oxygen atoms in total. The second kappa shape index (κ2) is 3.29. The highest BCUT2D eigenvalue weighted by Crippen LogP contribution is 2.44. The van der Waals surface area contributed by atoms with E-state index in [1.54, 1.807) is 0 Å². The van der Waals surface area contributed by atoms with E-state index >= 15 is 0 Å². The summed E-state index contributed by atoms with van der Waals surface area (Å²) in [6.07, 6.45) is 4.78. The third-order valence-corrected chi connectivity index (χ3v) is 4.12. The number of aliphatic hydroxyl groups is 1. The number of rotatable bonds is 4. The summed E-state index contributed by atoms with van der Waals surface area (Å²) in [6.45, 7) is 2.21. The Kier molecular flexibility index (Phi) is 1.94. The fourth-order valence-corrected chi connectivity index (χ4v) is 2.75. The van der Waals surface area contributed by atoms with Crippen LogP contribution in [0.3, 0.4) is 0 Å². The van der Waals surface area contributed by atoms with Gasteiger partial charge in [-0.1, -0.05) is 5.16 Å². The summed E-state index contributed by atoms with van der Waals surface area (Å²) in [4.78, 5) is 6.58. The van der Waals surface area contributed by atoms with Gasteiger partial charge in [-0.3, -0.25) is 4.90 Å². The van der Waals surface area contributed by atoms with Crippen LogP contribution in [0.25, 0.3) is 0 Å². The van der Waals surface area contributed by atoms with E-state index in [0.717, 1.165) is 18.9 Å². The van der Waals surface area contributed by atoms with Crippen LogP contribution in [0.4, 0.5) is 0 Å². The molecule has 1 saturated heterocycles. The third-order valence-electron chi connectivity index (χ3n) is 4.12. The molecule has 4 rings (SSSR count). The molecule has 5 heteroatoms. The molecular formula is C12H17N3O2. The standard InChI is InChI=1S/C12H17N3O2/c16-12(9-3-4-9)6-15(7-12)5-10-13-11(14-17-10)8-1-2-8/h8-9,16H,1-7H2. The lowest BCUT2D eigenvalue weighted by Gasteiger charge is -2.46. The second-order valence-corrected chi connectivity index (χ2v) is 5.84. The van der Waals surface area contributed by atoms with Crippen molar-refractivity contribution in [1.29, 1.82) is 0 Å². The Labute approximate surface area is 99.8 Å². The van der Waals surface area contributed by atoms with Crippen molar-refractivity contribution in [3.05, 3.63) is 11.7 Å². The molecule has 1 aromatic rings. The van der Waals surface area contributed by atoms with Crippen molar-refractivity contribution in [1.82, 2.24) is 15.0 Å². The van der Waals surface area contributed by atoms with Gasteiger partial charge in [0.05, 0.1) is 12.1 Å². The molecule has 0 aromatic carbocycles. The fourth-order valence-electron chi connectivity index (χ4n) is 2.75. The number of likely N-dealkylation sites (tertiary alicyclic amines) is 1. The van der Waals surface area contributed by atoms with Crippen LogP contribution in [0.1, 0.15) is 43.3 Å². The van der Waals surface area contributed by atoms with Crippen LogP contribution >= 0.6 is 0 Å². The van der Waals surface area contributed by atoms with E-state index in [0.29, 0.717) is 24.3 Å². The van der Waals surface area contributed by atoms with Crippen molar-refractivity contribution in [3.63, 3.8) is 0 Å². The summed E-state index contributed by atoms with van der Waals surface area (Å²) >= 11 is 0. The Morgan fingerprint density at radius 2 is 2.06 bits per heavy atom. The quantitative estimate of drug-likeness (QED) is 0.840. The number of nitrogens with zero attached hydrogens (tertiary/aromatic N) is 3. The molecule has 92 valence electrons. The Hall–Kier alpha value is -0.940. The predicted molar refractivity (Wildman–Crippen MR) is 59.2 cm³/mol. The zero-order valence-corrected chi connectivity index (χ0v) is 9.80. The molecule has 2 saturated carbocycles. The average molecular weight is 235 g/mol. The number of hydrogen-bond acceptors (Lipinski definition) is 5. The highest BCUT2D eigenvalue weighted by molar-refractivity contribution is 5.07. The van der Waals surface area contributed by atoms with E-state index in [9.17, 15) is 5.11 Å². The summed E-state index contributed by atoms with van der Waals surface area (Å²) in [6, 6.07) is 0. The first kappa shape index (κ1) is 10.0. The van der Waals surface area contributed by atoms with E-state index in [1.165, 1.54) is 25.7 Å². The molecule has 3 fully saturated rings. The van der Waals surface area contributed by atoms with E-state index in [-0.39, 0.29) is 0 Å². The molecule has 1 N–H and O–H groups in total. The lowest BCUT2D eigenvalue weighted by Crippen LogP contribution is -2.62. The maximum absolute atomic E-state index is 10.2. The summed E-state index contributed by atoms with van der Waals surface area (Å²) < 4.78 is 5.23. The van der Waals surface area contributed by atoms with Crippen LogP contribution in [0.5, 0.6) is 0 Å². The molecule has 1 aromatic heterocycles. The minimum atomic E-state index is -0.417. The van der Waals surface area contributed by atoms with Gasteiger partial charge in [0.2, 0.25) is 5.89 Å². The Morgan fingerprint density at radius 3 is 2.71 bits per heavy atom. The van der Waals surface area contributed by atoms with Crippen molar-refractivity contribution >= 4 is 0 Å². The average Bonchev–Trinajstić information content (AvgIpc) is 3.15. The van der Waals surface area contributed by atoms with Gasteiger partial charge in [-0.15, -0.1) is 0 Å². The van der Waals surface area contributed by atoms with Crippen molar-refractivity contribution < 1.29 is 9.63 Å². The molecule has 2 heterocycles. The maximum Gasteiger partial charge on any atom is 0.240 e. The zero-order chi connectivity index (χ0) is 11.5. The molecule has 0 bridgehead atoms. The highest BCUT2D eigenvalue weighted by Gasteiger charge is 2.51. The molecule has 17 heavy (non-hydrogen) atoms. The van der Waals surface area contributed by atoms with Crippen molar-refractivity contribution in [2.75, 3.05) is 13.1 Å². The van der Waals surface area contributed by atoms with Crippen molar-refractivity contribution in [2.45, 2.75) is 43.7 Å².